The first-order valence-electron chi connectivity index (χ1n) is 9.08. The lowest BCUT2D eigenvalue weighted by atomic mass is 10.1. The number of hydrogen-bond acceptors (Lipinski definition) is 5. The number of imidazole rings is 1. The molecule has 7 nitrogen and oxygen atoms in total. The van der Waals surface area contributed by atoms with Gasteiger partial charge in [0.05, 0.1) is 12.0 Å². The highest BCUT2D eigenvalue weighted by Crippen LogP contribution is 2.24. The molecule has 0 saturated carbocycles. The van der Waals surface area contributed by atoms with Crippen molar-refractivity contribution in [2.75, 3.05) is 0 Å². The number of carbonyl (C=O) groups excluding carboxylic acids is 1. The number of aromatic nitrogens is 3. The van der Waals surface area contributed by atoms with Crippen molar-refractivity contribution in [2.45, 2.75) is 13.8 Å². The highest BCUT2D eigenvalue weighted by molar-refractivity contribution is 6.03. The van der Waals surface area contributed by atoms with Crippen molar-refractivity contribution < 1.29 is 9.32 Å². The molecule has 0 radical (unpaired) electrons. The molecular weight excluding hydrogens is 366 g/mol. The Morgan fingerprint density at radius 1 is 1.10 bits per heavy atom. The Hall–Kier alpha value is -4.00. The van der Waals surface area contributed by atoms with Gasteiger partial charge in [-0.25, -0.2) is 10.4 Å². The highest BCUT2D eigenvalue weighted by atomic mass is 16.5. The summed E-state index contributed by atoms with van der Waals surface area (Å²) in [6, 6.07) is 17.3. The van der Waals surface area contributed by atoms with Crippen molar-refractivity contribution in [3.8, 4) is 16.9 Å². The predicted octanol–water partition coefficient (Wildman–Crippen LogP) is 3.99. The van der Waals surface area contributed by atoms with E-state index in [1.54, 1.807) is 19.4 Å². The van der Waals surface area contributed by atoms with Gasteiger partial charge < -0.3 is 9.09 Å². The maximum absolute atomic E-state index is 12.7. The largest absolute Gasteiger partial charge is 0.360 e. The summed E-state index contributed by atoms with van der Waals surface area (Å²) in [5.41, 5.74) is 6.88. The Kier molecular flexibility index (Phi) is 5.03. The second-order valence-electron chi connectivity index (χ2n) is 6.48. The molecule has 1 amide bonds. The van der Waals surface area contributed by atoms with Crippen LogP contribution in [-0.2, 0) is 0 Å². The third-order valence-corrected chi connectivity index (χ3v) is 4.55. The summed E-state index contributed by atoms with van der Waals surface area (Å²) in [7, 11) is 0. The van der Waals surface area contributed by atoms with Gasteiger partial charge in [0.25, 0.3) is 5.91 Å². The van der Waals surface area contributed by atoms with E-state index in [0.29, 0.717) is 22.7 Å². The third kappa shape index (κ3) is 3.84. The second-order valence-corrected chi connectivity index (χ2v) is 6.48. The minimum Gasteiger partial charge on any atom is -0.360 e. The molecule has 0 saturated heterocycles. The highest BCUT2D eigenvalue weighted by Gasteiger charge is 2.21. The number of rotatable bonds is 5. The Morgan fingerprint density at radius 3 is 2.55 bits per heavy atom. The molecule has 2 aromatic heterocycles. The van der Waals surface area contributed by atoms with Crippen molar-refractivity contribution in [2.24, 2.45) is 5.10 Å². The van der Waals surface area contributed by atoms with Gasteiger partial charge in [-0.1, -0.05) is 47.6 Å². The summed E-state index contributed by atoms with van der Waals surface area (Å²) in [6.45, 7) is 3.55. The van der Waals surface area contributed by atoms with Crippen LogP contribution in [-0.4, -0.2) is 26.3 Å². The molecule has 2 heterocycles. The van der Waals surface area contributed by atoms with E-state index in [1.165, 1.54) is 0 Å². The van der Waals surface area contributed by atoms with Crippen LogP contribution in [0.25, 0.3) is 16.9 Å². The first kappa shape index (κ1) is 18.4. The van der Waals surface area contributed by atoms with Crippen LogP contribution in [0.15, 0.2) is 82.9 Å². The predicted molar refractivity (Wildman–Crippen MR) is 110 cm³/mol. The van der Waals surface area contributed by atoms with E-state index < -0.39 is 0 Å². The average Bonchev–Trinajstić information content (AvgIpc) is 3.42. The van der Waals surface area contributed by atoms with Crippen LogP contribution in [0.4, 0.5) is 0 Å². The number of aryl methyl sites for hydroxylation is 1. The van der Waals surface area contributed by atoms with E-state index >= 15 is 0 Å². The standard InChI is InChI=1S/C22H19N5O2/c1-15(17-8-10-19(11-9-17)27-13-12-23-14-27)24-25-22(28)20-16(2)29-26-21(20)18-6-4-3-5-7-18/h3-14H,1-2H3,(H,25,28)/b24-15+. The van der Waals surface area contributed by atoms with Gasteiger partial charge in [0, 0.05) is 23.6 Å². The zero-order valence-corrected chi connectivity index (χ0v) is 16.0. The van der Waals surface area contributed by atoms with Gasteiger partial charge in [-0.05, 0) is 31.5 Å². The SMILES string of the molecule is C/C(=N\NC(=O)c1c(-c2ccccc2)noc1C)c1ccc(-n2ccnc2)cc1. The van der Waals surface area contributed by atoms with Gasteiger partial charge in [0.2, 0.25) is 0 Å². The zero-order chi connectivity index (χ0) is 20.2. The van der Waals surface area contributed by atoms with Crippen molar-refractivity contribution in [3.63, 3.8) is 0 Å². The maximum Gasteiger partial charge on any atom is 0.277 e. The zero-order valence-electron chi connectivity index (χ0n) is 16.0. The van der Waals surface area contributed by atoms with Gasteiger partial charge in [0.15, 0.2) is 0 Å². The lowest BCUT2D eigenvalue weighted by Crippen LogP contribution is -2.20. The number of hydrogen-bond donors (Lipinski definition) is 1. The second kappa shape index (κ2) is 7.93. The summed E-state index contributed by atoms with van der Waals surface area (Å²) in [5, 5.41) is 8.28. The number of nitrogens with one attached hydrogen (secondary N) is 1. The van der Waals surface area contributed by atoms with E-state index in [0.717, 1.165) is 16.8 Å². The molecule has 2 aromatic carbocycles. The lowest BCUT2D eigenvalue weighted by Gasteiger charge is -2.06. The molecule has 4 rings (SSSR count). The number of benzene rings is 2. The number of carbonyl (C=O) groups is 1. The van der Waals surface area contributed by atoms with E-state index in [2.05, 4.69) is 20.7 Å². The lowest BCUT2D eigenvalue weighted by molar-refractivity contribution is 0.0954. The minimum absolute atomic E-state index is 0.364. The third-order valence-electron chi connectivity index (χ3n) is 4.55. The molecule has 0 aliphatic heterocycles. The maximum atomic E-state index is 12.7. The first-order chi connectivity index (χ1) is 14.1. The van der Waals surface area contributed by atoms with Crippen molar-refractivity contribution in [1.29, 1.82) is 0 Å². The fourth-order valence-electron chi connectivity index (χ4n) is 2.97. The first-order valence-corrected chi connectivity index (χ1v) is 9.08. The van der Waals surface area contributed by atoms with E-state index in [9.17, 15) is 4.79 Å². The van der Waals surface area contributed by atoms with E-state index in [-0.39, 0.29) is 5.91 Å². The van der Waals surface area contributed by atoms with Gasteiger partial charge in [0.1, 0.15) is 17.0 Å². The van der Waals surface area contributed by atoms with Crippen molar-refractivity contribution >= 4 is 11.6 Å². The quantitative estimate of drug-likeness (QED) is 0.416. The molecule has 0 unspecified atom stereocenters. The summed E-state index contributed by atoms with van der Waals surface area (Å²) >= 11 is 0. The fourth-order valence-corrected chi connectivity index (χ4v) is 2.97. The van der Waals surface area contributed by atoms with Crippen molar-refractivity contribution in [3.05, 3.63) is 90.2 Å². The Morgan fingerprint density at radius 2 is 1.86 bits per heavy atom. The molecule has 0 atom stereocenters. The molecule has 0 aliphatic rings. The Bertz CT molecular complexity index is 1140. The Labute approximate surface area is 167 Å². The number of amides is 1. The number of nitrogens with zero attached hydrogens (tertiary/aromatic N) is 4. The summed E-state index contributed by atoms with van der Waals surface area (Å²) in [6.07, 6.45) is 5.34. The van der Waals surface area contributed by atoms with Gasteiger partial charge in [-0.3, -0.25) is 4.79 Å². The van der Waals surface area contributed by atoms with Crippen LogP contribution in [0.2, 0.25) is 0 Å². The van der Waals surface area contributed by atoms with Crippen LogP contribution >= 0.6 is 0 Å². The van der Waals surface area contributed by atoms with Crippen LogP contribution < -0.4 is 5.43 Å². The van der Waals surface area contributed by atoms with Gasteiger partial charge in [-0.15, -0.1) is 0 Å². The normalized spacial score (nSPS) is 11.4. The van der Waals surface area contributed by atoms with Crippen molar-refractivity contribution in [1.82, 2.24) is 20.1 Å². The van der Waals surface area contributed by atoms with Crippen LogP contribution in [0, 0.1) is 6.92 Å². The molecule has 144 valence electrons. The molecular formula is C22H19N5O2. The van der Waals surface area contributed by atoms with Gasteiger partial charge in [-0.2, -0.15) is 5.10 Å². The number of hydrazone groups is 1. The smallest absolute Gasteiger partial charge is 0.277 e. The molecule has 0 bridgehead atoms. The molecule has 1 N–H and O–H groups in total. The molecule has 0 fully saturated rings. The summed E-state index contributed by atoms with van der Waals surface area (Å²) in [4.78, 5) is 16.8. The molecule has 29 heavy (non-hydrogen) atoms. The van der Waals surface area contributed by atoms with Crippen LogP contribution in [0.1, 0.15) is 28.6 Å². The minimum atomic E-state index is -0.364. The summed E-state index contributed by atoms with van der Waals surface area (Å²) in [5.74, 6) is 0.0795. The molecule has 7 heteroatoms. The molecule has 0 spiro atoms. The Balaban J connectivity index is 1.52. The fraction of sp³-hybridized carbons (Fsp3) is 0.0909. The van der Waals surface area contributed by atoms with E-state index in [1.807, 2.05) is 72.3 Å². The van der Waals surface area contributed by atoms with Gasteiger partial charge >= 0.3 is 0 Å². The van der Waals surface area contributed by atoms with Crippen LogP contribution in [0.5, 0.6) is 0 Å². The van der Waals surface area contributed by atoms with Crippen LogP contribution in [0.3, 0.4) is 0 Å². The molecule has 4 aromatic rings. The topological polar surface area (TPSA) is 85.3 Å². The van der Waals surface area contributed by atoms with E-state index in [4.69, 9.17) is 4.52 Å². The average molecular weight is 385 g/mol. The molecule has 0 aliphatic carbocycles. The summed E-state index contributed by atoms with van der Waals surface area (Å²) < 4.78 is 7.16. The monoisotopic (exact) mass is 385 g/mol.